The van der Waals surface area contributed by atoms with Gasteiger partial charge in [-0.1, -0.05) is 0 Å². The number of hydrogen-bond acceptors (Lipinski definition) is 2. The van der Waals surface area contributed by atoms with Gasteiger partial charge in [0.1, 0.15) is 5.69 Å². The van der Waals surface area contributed by atoms with Crippen LogP contribution in [0, 0.1) is 3.83 Å². The van der Waals surface area contributed by atoms with Crippen LogP contribution >= 0.6 is 22.6 Å². The van der Waals surface area contributed by atoms with Gasteiger partial charge in [0.25, 0.3) is 0 Å². The molecule has 1 aromatic rings. The molecule has 0 unspecified atom stereocenters. The van der Waals surface area contributed by atoms with Gasteiger partial charge < -0.3 is 0 Å². The highest BCUT2D eigenvalue weighted by Gasteiger charge is 2.32. The molecule has 2 nitrogen and oxygen atoms in total. The molecule has 0 atom stereocenters. The van der Waals surface area contributed by atoms with Crippen molar-refractivity contribution < 1.29 is 13.2 Å². The standard InChI is InChI=1S/C5H2F3IN2/c6-5(7,8)3-1-2-10-4(9)11-3/h1-2H. The Balaban J connectivity index is 3.06. The maximum atomic E-state index is 11.9. The van der Waals surface area contributed by atoms with E-state index in [1.807, 2.05) is 0 Å². The minimum absolute atomic E-state index is 0.0948. The monoisotopic (exact) mass is 274 g/mol. The van der Waals surface area contributed by atoms with Gasteiger partial charge in [0.2, 0.25) is 0 Å². The van der Waals surface area contributed by atoms with Crippen molar-refractivity contribution in [1.82, 2.24) is 9.97 Å². The number of alkyl halides is 3. The van der Waals surface area contributed by atoms with Gasteiger partial charge in [-0.05, 0) is 6.07 Å². The third-order valence-electron chi connectivity index (χ3n) is 0.917. The lowest BCUT2D eigenvalue weighted by Gasteiger charge is -2.03. The van der Waals surface area contributed by atoms with E-state index in [4.69, 9.17) is 0 Å². The molecule has 1 aromatic heterocycles. The fourth-order valence-corrected chi connectivity index (χ4v) is 0.913. The van der Waals surface area contributed by atoms with Crippen LogP contribution in [0.1, 0.15) is 5.69 Å². The first-order chi connectivity index (χ1) is 5.00. The topological polar surface area (TPSA) is 25.8 Å². The predicted molar refractivity (Wildman–Crippen MR) is 39.8 cm³/mol. The van der Waals surface area contributed by atoms with Crippen LogP contribution < -0.4 is 0 Å². The molecule has 0 amide bonds. The SMILES string of the molecule is FC(F)(F)c1ccnc(I)n1. The highest BCUT2D eigenvalue weighted by molar-refractivity contribution is 14.1. The number of aromatic nitrogens is 2. The molecule has 1 heterocycles. The summed E-state index contributed by atoms with van der Waals surface area (Å²) in [4.78, 5) is 6.72. The third-order valence-corrected chi connectivity index (χ3v) is 1.44. The normalized spacial score (nSPS) is 11.6. The number of hydrogen-bond donors (Lipinski definition) is 0. The third kappa shape index (κ3) is 2.28. The molecule has 0 N–H and O–H groups in total. The van der Waals surface area contributed by atoms with Crippen molar-refractivity contribution in [3.05, 3.63) is 21.8 Å². The second kappa shape index (κ2) is 2.92. The average Bonchev–Trinajstić information content (AvgIpc) is 1.86. The van der Waals surface area contributed by atoms with Gasteiger partial charge in [-0.3, -0.25) is 0 Å². The molecule has 0 saturated heterocycles. The zero-order valence-electron chi connectivity index (χ0n) is 5.06. The molecule has 0 spiro atoms. The van der Waals surface area contributed by atoms with E-state index in [-0.39, 0.29) is 3.83 Å². The summed E-state index contributed by atoms with van der Waals surface area (Å²) in [7, 11) is 0. The van der Waals surface area contributed by atoms with Crippen LogP contribution in [0.25, 0.3) is 0 Å². The fourth-order valence-electron chi connectivity index (χ4n) is 0.493. The fraction of sp³-hybridized carbons (Fsp3) is 0.200. The summed E-state index contributed by atoms with van der Waals surface area (Å²) in [6.07, 6.45) is -3.29. The van der Waals surface area contributed by atoms with E-state index in [1.165, 1.54) is 0 Å². The Labute approximate surface area is 74.0 Å². The zero-order valence-corrected chi connectivity index (χ0v) is 7.22. The average molecular weight is 274 g/mol. The summed E-state index contributed by atoms with van der Waals surface area (Å²) in [5.74, 6) is 0. The van der Waals surface area contributed by atoms with Gasteiger partial charge in [-0.15, -0.1) is 0 Å². The molecule has 0 aliphatic carbocycles. The second-order valence-electron chi connectivity index (χ2n) is 1.71. The first-order valence-corrected chi connectivity index (χ1v) is 3.64. The van der Waals surface area contributed by atoms with Crippen LogP contribution in [-0.4, -0.2) is 9.97 Å². The maximum absolute atomic E-state index is 11.9. The largest absolute Gasteiger partial charge is 0.433 e. The molecule has 0 saturated carbocycles. The second-order valence-corrected chi connectivity index (χ2v) is 2.67. The Morgan fingerprint density at radius 2 is 2.00 bits per heavy atom. The van der Waals surface area contributed by atoms with Crippen molar-refractivity contribution in [3.63, 3.8) is 0 Å². The summed E-state index contributed by atoms with van der Waals surface area (Å²) in [6, 6.07) is 0.835. The van der Waals surface area contributed by atoms with E-state index >= 15 is 0 Å². The summed E-state index contributed by atoms with van der Waals surface area (Å²) in [5.41, 5.74) is -0.906. The Morgan fingerprint density at radius 1 is 1.36 bits per heavy atom. The van der Waals surface area contributed by atoms with E-state index < -0.39 is 11.9 Å². The van der Waals surface area contributed by atoms with Gasteiger partial charge in [-0.2, -0.15) is 13.2 Å². The Kier molecular flexibility index (Phi) is 2.31. The zero-order chi connectivity index (χ0) is 8.48. The molecule has 0 aromatic carbocycles. The van der Waals surface area contributed by atoms with Gasteiger partial charge in [-0.25, -0.2) is 9.97 Å². The van der Waals surface area contributed by atoms with Crippen molar-refractivity contribution in [3.8, 4) is 0 Å². The highest BCUT2D eigenvalue weighted by atomic mass is 127. The molecule has 0 aliphatic rings. The molecule has 6 heteroatoms. The van der Waals surface area contributed by atoms with E-state index in [0.29, 0.717) is 0 Å². The summed E-state index contributed by atoms with van der Waals surface area (Å²) >= 11 is 1.62. The minimum atomic E-state index is -4.37. The first kappa shape index (κ1) is 8.69. The van der Waals surface area contributed by atoms with E-state index in [1.54, 1.807) is 22.6 Å². The van der Waals surface area contributed by atoms with Crippen molar-refractivity contribution in [2.75, 3.05) is 0 Å². The minimum Gasteiger partial charge on any atom is -0.232 e. The van der Waals surface area contributed by atoms with Gasteiger partial charge in [0.15, 0.2) is 3.83 Å². The molecule has 0 bridgehead atoms. The Bertz CT molecular complexity index is 260. The van der Waals surface area contributed by atoms with Crippen molar-refractivity contribution >= 4 is 22.6 Å². The smallest absolute Gasteiger partial charge is 0.232 e. The maximum Gasteiger partial charge on any atom is 0.433 e. The Hall–Kier alpha value is -0.400. The molecule has 60 valence electrons. The molecule has 0 aliphatic heterocycles. The Morgan fingerprint density at radius 3 is 2.36 bits per heavy atom. The van der Waals surface area contributed by atoms with Gasteiger partial charge in [0.05, 0.1) is 0 Å². The molecule has 11 heavy (non-hydrogen) atoms. The first-order valence-electron chi connectivity index (χ1n) is 2.56. The lowest BCUT2D eigenvalue weighted by atomic mass is 10.4. The number of halogens is 4. The summed E-state index contributed by atoms with van der Waals surface area (Å²) < 4.78 is 35.7. The lowest BCUT2D eigenvalue weighted by molar-refractivity contribution is -0.141. The van der Waals surface area contributed by atoms with Crippen LogP contribution in [0.3, 0.4) is 0 Å². The van der Waals surface area contributed by atoms with Crippen LogP contribution in [0.2, 0.25) is 0 Å². The molecule has 0 radical (unpaired) electrons. The number of nitrogens with zero attached hydrogens (tertiary/aromatic N) is 2. The lowest BCUT2D eigenvalue weighted by Crippen LogP contribution is -2.08. The van der Waals surface area contributed by atoms with Crippen LogP contribution in [0.15, 0.2) is 12.3 Å². The van der Waals surface area contributed by atoms with Crippen molar-refractivity contribution in [2.45, 2.75) is 6.18 Å². The van der Waals surface area contributed by atoms with E-state index in [2.05, 4.69) is 9.97 Å². The van der Waals surface area contributed by atoms with Crippen LogP contribution in [0.4, 0.5) is 13.2 Å². The van der Waals surface area contributed by atoms with Crippen molar-refractivity contribution in [2.24, 2.45) is 0 Å². The van der Waals surface area contributed by atoms with Crippen molar-refractivity contribution in [1.29, 1.82) is 0 Å². The van der Waals surface area contributed by atoms with E-state index in [0.717, 1.165) is 12.3 Å². The van der Waals surface area contributed by atoms with Crippen LogP contribution in [0.5, 0.6) is 0 Å². The number of rotatable bonds is 0. The van der Waals surface area contributed by atoms with Gasteiger partial charge in [0, 0.05) is 28.8 Å². The molecular formula is C5H2F3IN2. The molecule has 1 rings (SSSR count). The predicted octanol–water partition coefficient (Wildman–Crippen LogP) is 2.10. The highest BCUT2D eigenvalue weighted by Crippen LogP contribution is 2.26. The quantitative estimate of drug-likeness (QED) is 0.535. The summed E-state index contributed by atoms with van der Waals surface area (Å²) in [5, 5.41) is 0. The molecular weight excluding hydrogens is 272 g/mol. The van der Waals surface area contributed by atoms with Gasteiger partial charge >= 0.3 is 6.18 Å². The summed E-state index contributed by atoms with van der Waals surface area (Å²) in [6.45, 7) is 0. The van der Waals surface area contributed by atoms with Crippen LogP contribution in [-0.2, 0) is 6.18 Å². The van der Waals surface area contributed by atoms with E-state index in [9.17, 15) is 13.2 Å². The molecule has 0 fully saturated rings.